The van der Waals surface area contributed by atoms with Crippen LogP contribution in [0.1, 0.15) is 24.0 Å². The first-order valence-electron chi connectivity index (χ1n) is 8.15. The maximum atomic E-state index is 4.33. The molecule has 0 spiro atoms. The van der Waals surface area contributed by atoms with Crippen molar-refractivity contribution >= 4 is 12.4 Å². The number of aromatic nitrogens is 2. The Labute approximate surface area is 145 Å². The van der Waals surface area contributed by atoms with Gasteiger partial charge >= 0.3 is 0 Å². The van der Waals surface area contributed by atoms with Gasteiger partial charge in [0, 0.05) is 37.9 Å². The average molecular weight is 335 g/mol. The zero-order valence-corrected chi connectivity index (χ0v) is 15.1. The summed E-state index contributed by atoms with van der Waals surface area (Å²) in [6, 6.07) is 9.55. The van der Waals surface area contributed by atoms with Crippen molar-refractivity contribution in [2.24, 2.45) is 7.05 Å². The van der Waals surface area contributed by atoms with Crippen LogP contribution < -0.4 is 5.32 Å². The van der Waals surface area contributed by atoms with Gasteiger partial charge in [-0.3, -0.25) is 9.58 Å². The number of halogens is 1. The monoisotopic (exact) mass is 334 g/mol. The minimum Gasteiger partial charge on any atom is -0.318 e. The lowest BCUT2D eigenvalue weighted by Crippen LogP contribution is -2.36. The van der Waals surface area contributed by atoms with E-state index < -0.39 is 0 Å². The van der Waals surface area contributed by atoms with E-state index in [1.807, 2.05) is 25.0 Å². The fraction of sp³-hybridized carbons (Fsp3) is 0.500. The van der Waals surface area contributed by atoms with Crippen LogP contribution in [0.5, 0.6) is 0 Å². The molecule has 2 heterocycles. The summed E-state index contributed by atoms with van der Waals surface area (Å²) in [7, 11) is 4.06. The number of hydrogen-bond donors (Lipinski definition) is 1. The minimum atomic E-state index is 0. The molecule has 1 aliphatic heterocycles. The topological polar surface area (TPSA) is 33.1 Å². The largest absolute Gasteiger partial charge is 0.318 e. The van der Waals surface area contributed by atoms with Crippen molar-refractivity contribution in [3.8, 4) is 11.3 Å². The van der Waals surface area contributed by atoms with Crippen LogP contribution in [0, 0.1) is 6.92 Å². The van der Waals surface area contributed by atoms with Gasteiger partial charge < -0.3 is 5.32 Å². The molecule has 1 aromatic carbocycles. The summed E-state index contributed by atoms with van der Waals surface area (Å²) >= 11 is 0. The van der Waals surface area contributed by atoms with E-state index in [9.17, 15) is 0 Å². The molecular formula is C18H27ClN4. The van der Waals surface area contributed by atoms with Crippen LogP contribution >= 0.6 is 12.4 Å². The summed E-state index contributed by atoms with van der Waals surface area (Å²) < 4.78 is 1.97. The van der Waals surface area contributed by atoms with E-state index in [1.165, 1.54) is 41.8 Å². The second kappa shape index (κ2) is 7.95. The molecule has 3 rings (SSSR count). The molecule has 0 aliphatic carbocycles. The Bertz CT molecular complexity index is 638. The lowest BCUT2D eigenvalue weighted by molar-refractivity contribution is 0.242. The number of aryl methyl sites for hydroxylation is 2. The van der Waals surface area contributed by atoms with Gasteiger partial charge in [-0.1, -0.05) is 17.7 Å². The van der Waals surface area contributed by atoms with E-state index in [0.29, 0.717) is 6.04 Å². The Balaban J connectivity index is 0.00000192. The number of likely N-dealkylation sites (tertiary alicyclic amines) is 1. The average Bonchev–Trinajstić information content (AvgIpc) is 3.11. The molecule has 1 aliphatic rings. The zero-order valence-electron chi connectivity index (χ0n) is 14.2. The van der Waals surface area contributed by atoms with Crippen LogP contribution in [0.2, 0.25) is 0 Å². The number of nitrogens with one attached hydrogen (secondary N) is 1. The molecule has 0 saturated carbocycles. The number of hydrogen-bond acceptors (Lipinski definition) is 3. The molecule has 1 saturated heterocycles. The minimum absolute atomic E-state index is 0. The molecule has 4 nitrogen and oxygen atoms in total. The molecule has 1 fully saturated rings. The first-order chi connectivity index (χ1) is 10.7. The third-order valence-electron chi connectivity index (χ3n) is 4.67. The predicted octanol–water partition coefficient (Wildman–Crippen LogP) is 3.00. The highest BCUT2D eigenvalue weighted by Gasteiger charge is 2.24. The highest BCUT2D eigenvalue weighted by molar-refractivity contribution is 5.85. The van der Waals surface area contributed by atoms with Gasteiger partial charge in [0.15, 0.2) is 0 Å². The van der Waals surface area contributed by atoms with Crippen molar-refractivity contribution in [1.29, 1.82) is 0 Å². The smallest absolute Gasteiger partial charge is 0.0682 e. The molecule has 0 bridgehead atoms. The summed E-state index contributed by atoms with van der Waals surface area (Å²) in [5.41, 5.74) is 5.21. The third-order valence-corrected chi connectivity index (χ3v) is 4.67. The van der Waals surface area contributed by atoms with E-state index in [0.717, 1.165) is 13.1 Å². The highest BCUT2D eigenvalue weighted by atomic mass is 35.5. The normalized spacial score (nSPS) is 18.1. The Kier molecular flexibility index (Phi) is 6.22. The number of benzene rings is 1. The molecule has 23 heavy (non-hydrogen) atoms. The summed E-state index contributed by atoms with van der Waals surface area (Å²) in [5, 5.41) is 7.66. The summed E-state index contributed by atoms with van der Waals surface area (Å²) in [6.45, 7) is 5.45. The van der Waals surface area contributed by atoms with Crippen LogP contribution in [0.15, 0.2) is 30.5 Å². The number of rotatable bonds is 5. The van der Waals surface area contributed by atoms with Crippen molar-refractivity contribution in [3.63, 3.8) is 0 Å². The SMILES string of the molecule is CNCC1CCCN1Cc1ccc(C)cc1-c1ccnn1C.Cl. The van der Waals surface area contributed by atoms with Crippen LogP contribution in [0.4, 0.5) is 0 Å². The fourth-order valence-electron chi connectivity index (χ4n) is 3.49. The molecule has 1 unspecified atom stereocenters. The van der Waals surface area contributed by atoms with Gasteiger partial charge in [0.1, 0.15) is 0 Å². The van der Waals surface area contributed by atoms with Gasteiger partial charge in [-0.15, -0.1) is 12.4 Å². The van der Waals surface area contributed by atoms with Gasteiger partial charge in [-0.2, -0.15) is 5.10 Å². The van der Waals surface area contributed by atoms with Crippen LogP contribution in [0.25, 0.3) is 11.3 Å². The Morgan fingerprint density at radius 1 is 1.30 bits per heavy atom. The molecular weight excluding hydrogens is 308 g/mol. The summed E-state index contributed by atoms with van der Waals surface area (Å²) in [4.78, 5) is 2.61. The maximum absolute atomic E-state index is 4.33. The van der Waals surface area contributed by atoms with Crippen LogP contribution in [-0.4, -0.2) is 40.9 Å². The zero-order chi connectivity index (χ0) is 15.5. The maximum Gasteiger partial charge on any atom is 0.0682 e. The van der Waals surface area contributed by atoms with E-state index in [-0.39, 0.29) is 12.4 Å². The first-order valence-corrected chi connectivity index (χ1v) is 8.15. The third kappa shape index (κ3) is 3.94. The fourth-order valence-corrected chi connectivity index (χ4v) is 3.49. The standard InChI is InChI=1S/C18H26N4.ClH/c1-14-6-7-15(13-22-10-4-5-16(22)12-19-2)17(11-14)18-8-9-20-21(18)3;/h6-9,11,16,19H,4-5,10,12-13H2,1-3H3;1H. The molecule has 1 aromatic heterocycles. The van der Waals surface area contributed by atoms with Crippen molar-refractivity contribution in [2.45, 2.75) is 32.4 Å². The molecule has 1 N–H and O–H groups in total. The second-order valence-corrected chi connectivity index (χ2v) is 6.32. The van der Waals surface area contributed by atoms with E-state index in [2.05, 4.69) is 46.5 Å². The molecule has 0 radical (unpaired) electrons. The van der Waals surface area contributed by atoms with E-state index in [4.69, 9.17) is 0 Å². The van der Waals surface area contributed by atoms with Crippen LogP contribution in [-0.2, 0) is 13.6 Å². The lowest BCUT2D eigenvalue weighted by Gasteiger charge is -2.25. The number of likely N-dealkylation sites (N-methyl/N-ethyl adjacent to an activating group) is 1. The van der Waals surface area contributed by atoms with Crippen molar-refractivity contribution < 1.29 is 0 Å². The number of nitrogens with zero attached hydrogens (tertiary/aromatic N) is 3. The van der Waals surface area contributed by atoms with Gasteiger partial charge in [-0.25, -0.2) is 0 Å². The molecule has 2 aromatic rings. The Morgan fingerprint density at radius 3 is 2.83 bits per heavy atom. The second-order valence-electron chi connectivity index (χ2n) is 6.32. The first kappa shape index (κ1) is 18.0. The molecule has 126 valence electrons. The highest BCUT2D eigenvalue weighted by Crippen LogP contribution is 2.28. The molecule has 1 atom stereocenters. The summed E-state index contributed by atoms with van der Waals surface area (Å²) in [6.07, 6.45) is 4.48. The van der Waals surface area contributed by atoms with E-state index >= 15 is 0 Å². The molecule has 5 heteroatoms. The van der Waals surface area contributed by atoms with Crippen LogP contribution in [0.3, 0.4) is 0 Å². The van der Waals surface area contributed by atoms with Gasteiger partial charge in [-0.05, 0) is 51.1 Å². The quantitative estimate of drug-likeness (QED) is 0.912. The Morgan fingerprint density at radius 2 is 2.13 bits per heavy atom. The summed E-state index contributed by atoms with van der Waals surface area (Å²) in [5.74, 6) is 0. The predicted molar refractivity (Wildman–Crippen MR) is 98.0 cm³/mol. The van der Waals surface area contributed by atoms with Crippen molar-refractivity contribution in [2.75, 3.05) is 20.1 Å². The van der Waals surface area contributed by atoms with Gasteiger partial charge in [0.2, 0.25) is 0 Å². The van der Waals surface area contributed by atoms with Crippen molar-refractivity contribution in [3.05, 3.63) is 41.6 Å². The van der Waals surface area contributed by atoms with Gasteiger partial charge in [0.25, 0.3) is 0 Å². The van der Waals surface area contributed by atoms with Crippen molar-refractivity contribution in [1.82, 2.24) is 20.0 Å². The molecule has 0 amide bonds. The Hall–Kier alpha value is -1.36. The van der Waals surface area contributed by atoms with Gasteiger partial charge in [0.05, 0.1) is 5.69 Å². The lowest BCUT2D eigenvalue weighted by atomic mass is 10.0. The van der Waals surface area contributed by atoms with E-state index in [1.54, 1.807) is 0 Å².